The predicted octanol–water partition coefficient (Wildman–Crippen LogP) is 3.22. The third-order valence-electron chi connectivity index (χ3n) is 6.12. The Balaban J connectivity index is 1.76. The number of benzene rings is 1. The van der Waals surface area contributed by atoms with Gasteiger partial charge in [-0.2, -0.15) is 0 Å². The van der Waals surface area contributed by atoms with Crippen LogP contribution in [0.5, 0.6) is 0 Å². The van der Waals surface area contributed by atoms with Gasteiger partial charge in [-0.05, 0) is 57.5 Å². The van der Waals surface area contributed by atoms with Crippen LogP contribution in [-0.2, 0) is 15.3 Å². The molecule has 0 fully saturated rings. The lowest BCUT2D eigenvalue weighted by Gasteiger charge is -2.44. The molecule has 0 radical (unpaired) electrons. The van der Waals surface area contributed by atoms with Crippen LogP contribution in [-0.4, -0.2) is 37.5 Å². The lowest BCUT2D eigenvalue weighted by Crippen LogP contribution is -2.58. The Kier molecular flexibility index (Phi) is 4.88. The molecule has 2 aromatic rings. The van der Waals surface area contributed by atoms with Crippen molar-refractivity contribution in [3.05, 3.63) is 59.4 Å². The Bertz CT molecular complexity index is 1220. The minimum absolute atomic E-state index is 0.0118. The van der Waals surface area contributed by atoms with Gasteiger partial charge in [0.2, 0.25) is 0 Å². The van der Waals surface area contributed by atoms with Gasteiger partial charge >= 0.3 is 0 Å². The van der Waals surface area contributed by atoms with E-state index in [4.69, 9.17) is 5.73 Å². The van der Waals surface area contributed by atoms with Crippen molar-refractivity contribution in [1.82, 2.24) is 4.98 Å². The standard InChI is InChI=1S/C21H23F2N5O2S/c1-20(2)19(24)28-21(3,17-8-9-26-31(17,20)30)14-10-13(5-6-15(14)23)27-18(29)16-7-4-12(22)11-25-16/h4-7,10-11,17H,8-9H2,1-3H3,(H2,24,28)(H,27,29)/t17-,21+,31+/m0/s1. The first-order chi connectivity index (χ1) is 14.5. The van der Waals surface area contributed by atoms with Gasteiger partial charge in [-0.15, -0.1) is 0 Å². The molecule has 0 aliphatic carbocycles. The van der Waals surface area contributed by atoms with Gasteiger partial charge in [-0.1, -0.05) is 0 Å². The molecule has 1 aromatic heterocycles. The number of carbonyl (C=O) groups is 1. The first-order valence-electron chi connectivity index (χ1n) is 9.79. The molecule has 0 bridgehead atoms. The number of aromatic nitrogens is 1. The number of amidine groups is 1. The zero-order chi connectivity index (χ0) is 22.6. The summed E-state index contributed by atoms with van der Waals surface area (Å²) in [5, 5.41) is 2.11. The molecule has 0 unspecified atom stereocenters. The molecule has 4 rings (SSSR count). The van der Waals surface area contributed by atoms with Crippen LogP contribution in [0.15, 0.2) is 45.9 Å². The first kappa shape index (κ1) is 21.4. The van der Waals surface area contributed by atoms with Crippen molar-refractivity contribution in [2.75, 3.05) is 11.9 Å². The number of nitrogens with two attached hydrogens (primary N) is 1. The summed E-state index contributed by atoms with van der Waals surface area (Å²) in [7, 11) is -2.81. The Labute approximate surface area is 179 Å². The summed E-state index contributed by atoms with van der Waals surface area (Å²) in [4.78, 5) is 20.8. The minimum atomic E-state index is -2.81. The second kappa shape index (κ2) is 7.08. The van der Waals surface area contributed by atoms with E-state index < -0.39 is 42.8 Å². The van der Waals surface area contributed by atoms with Crippen LogP contribution in [0.3, 0.4) is 0 Å². The molecule has 1 amide bonds. The van der Waals surface area contributed by atoms with Crippen molar-refractivity contribution >= 4 is 27.2 Å². The molecule has 164 valence electrons. The number of carbonyl (C=O) groups excluding carboxylic acids is 1. The zero-order valence-corrected chi connectivity index (χ0v) is 18.2. The quantitative estimate of drug-likeness (QED) is 0.753. The molecule has 31 heavy (non-hydrogen) atoms. The second-order valence-corrected chi connectivity index (χ2v) is 11.3. The van der Waals surface area contributed by atoms with Crippen molar-refractivity contribution in [2.45, 2.75) is 42.7 Å². The highest BCUT2D eigenvalue weighted by Crippen LogP contribution is 2.48. The molecular weight excluding hydrogens is 424 g/mol. The SMILES string of the molecule is CC1(C)C(N)=N[C@](C)(c2cc(NC(=O)c3ccc(F)cn3)ccc2F)[C@@H]2CCN=[S@@]21=O. The number of anilines is 1. The van der Waals surface area contributed by atoms with Crippen LogP contribution in [0.1, 0.15) is 43.2 Å². The normalized spacial score (nSPS) is 28.9. The molecule has 2 aliphatic rings. The van der Waals surface area contributed by atoms with E-state index in [1.165, 1.54) is 24.3 Å². The summed E-state index contributed by atoms with van der Waals surface area (Å²) in [6.45, 7) is 5.59. The summed E-state index contributed by atoms with van der Waals surface area (Å²) in [5.41, 5.74) is 5.47. The van der Waals surface area contributed by atoms with Gasteiger partial charge < -0.3 is 11.1 Å². The Hall–Kier alpha value is -2.88. The zero-order valence-electron chi connectivity index (χ0n) is 17.4. The summed E-state index contributed by atoms with van der Waals surface area (Å²) in [6, 6.07) is 6.46. The number of aliphatic imine (C=N–C) groups is 1. The molecule has 0 saturated carbocycles. The molecule has 3 heterocycles. The van der Waals surface area contributed by atoms with E-state index >= 15 is 4.39 Å². The fourth-order valence-electron chi connectivity index (χ4n) is 4.20. The number of pyridine rings is 1. The maximum Gasteiger partial charge on any atom is 0.274 e. The number of nitrogens with zero attached hydrogens (tertiary/aromatic N) is 3. The van der Waals surface area contributed by atoms with Crippen LogP contribution in [0, 0.1) is 11.6 Å². The van der Waals surface area contributed by atoms with Gasteiger partial charge in [0.15, 0.2) is 0 Å². The Morgan fingerprint density at radius 2 is 1.97 bits per heavy atom. The molecule has 2 aliphatic heterocycles. The summed E-state index contributed by atoms with van der Waals surface area (Å²) >= 11 is 0. The van der Waals surface area contributed by atoms with Crippen molar-refractivity contribution in [3.8, 4) is 0 Å². The fourth-order valence-corrected chi connectivity index (χ4v) is 7.36. The van der Waals surface area contributed by atoms with Gasteiger partial charge in [0.25, 0.3) is 5.91 Å². The summed E-state index contributed by atoms with van der Waals surface area (Å²) < 4.78 is 45.4. The van der Waals surface area contributed by atoms with Gasteiger partial charge in [-0.25, -0.2) is 22.3 Å². The monoisotopic (exact) mass is 447 g/mol. The van der Waals surface area contributed by atoms with Crippen LogP contribution >= 0.6 is 0 Å². The van der Waals surface area contributed by atoms with Gasteiger partial charge in [0.1, 0.15) is 33.4 Å². The fraction of sp³-hybridized carbons (Fsp3) is 0.381. The maximum absolute atomic E-state index is 15.0. The largest absolute Gasteiger partial charge is 0.386 e. The molecule has 0 saturated heterocycles. The summed E-state index contributed by atoms with van der Waals surface area (Å²) in [6.07, 6.45) is 1.43. The minimum Gasteiger partial charge on any atom is -0.386 e. The number of hydrogen-bond donors (Lipinski definition) is 2. The number of nitrogens with one attached hydrogen (secondary N) is 1. The van der Waals surface area contributed by atoms with Crippen molar-refractivity contribution < 1.29 is 17.8 Å². The molecule has 3 atom stereocenters. The van der Waals surface area contributed by atoms with E-state index in [2.05, 4.69) is 19.7 Å². The van der Waals surface area contributed by atoms with E-state index in [-0.39, 0.29) is 17.1 Å². The van der Waals surface area contributed by atoms with E-state index in [9.17, 15) is 13.4 Å². The average Bonchev–Trinajstić information content (AvgIpc) is 3.13. The third-order valence-corrected chi connectivity index (χ3v) is 9.82. The van der Waals surface area contributed by atoms with E-state index in [1.54, 1.807) is 20.8 Å². The first-order valence-corrected chi connectivity index (χ1v) is 11.4. The van der Waals surface area contributed by atoms with Crippen LogP contribution in [0.4, 0.5) is 14.5 Å². The molecule has 0 spiro atoms. The second-order valence-electron chi connectivity index (χ2n) is 8.36. The topological polar surface area (TPSA) is 110 Å². The lowest BCUT2D eigenvalue weighted by molar-refractivity contribution is 0.102. The Morgan fingerprint density at radius 3 is 2.65 bits per heavy atom. The van der Waals surface area contributed by atoms with E-state index in [1.807, 2.05) is 0 Å². The predicted molar refractivity (Wildman–Crippen MR) is 115 cm³/mol. The molecule has 10 heteroatoms. The Morgan fingerprint density at radius 1 is 1.23 bits per heavy atom. The molecular formula is C21H23F2N5O2S. The molecule has 7 nitrogen and oxygen atoms in total. The molecule has 3 N–H and O–H groups in total. The summed E-state index contributed by atoms with van der Waals surface area (Å²) in [5.74, 6) is -1.53. The number of amides is 1. The van der Waals surface area contributed by atoms with Gasteiger partial charge in [0.05, 0.1) is 21.2 Å². The van der Waals surface area contributed by atoms with Gasteiger partial charge in [-0.3, -0.25) is 9.79 Å². The van der Waals surface area contributed by atoms with Crippen molar-refractivity contribution in [2.24, 2.45) is 15.1 Å². The van der Waals surface area contributed by atoms with Crippen LogP contribution in [0.2, 0.25) is 0 Å². The van der Waals surface area contributed by atoms with Crippen LogP contribution in [0.25, 0.3) is 0 Å². The van der Waals surface area contributed by atoms with Crippen molar-refractivity contribution in [3.63, 3.8) is 0 Å². The molecule has 1 aromatic carbocycles. The number of fused-ring (bicyclic) bond motifs is 1. The van der Waals surface area contributed by atoms with Gasteiger partial charge in [0, 0.05) is 17.8 Å². The van der Waals surface area contributed by atoms with Crippen molar-refractivity contribution in [1.29, 1.82) is 0 Å². The highest BCUT2D eigenvalue weighted by molar-refractivity contribution is 7.96. The smallest absolute Gasteiger partial charge is 0.274 e. The number of hydrogen-bond acceptors (Lipinski definition) is 6. The van der Waals surface area contributed by atoms with Crippen LogP contribution < -0.4 is 11.1 Å². The maximum atomic E-state index is 15.0. The third kappa shape index (κ3) is 3.20. The number of halogens is 2. The average molecular weight is 448 g/mol. The van der Waals surface area contributed by atoms with E-state index in [0.29, 0.717) is 18.7 Å². The highest BCUT2D eigenvalue weighted by Gasteiger charge is 2.56. The number of rotatable bonds is 3. The highest BCUT2D eigenvalue weighted by atomic mass is 32.2. The van der Waals surface area contributed by atoms with E-state index in [0.717, 1.165) is 12.3 Å². The lowest BCUT2D eigenvalue weighted by atomic mass is 9.85.